The van der Waals surface area contributed by atoms with Gasteiger partial charge in [0.1, 0.15) is 12.2 Å². The Morgan fingerprint density at radius 2 is 1.76 bits per heavy atom. The number of carbonyl (C=O) groups is 3. The van der Waals surface area contributed by atoms with Gasteiger partial charge in [-0.15, -0.1) is 0 Å². The quantitative estimate of drug-likeness (QED) is 0.360. The Balaban J connectivity index is 1.86. The largest absolute Gasteiger partial charge is 0.462 e. The molecule has 0 aliphatic heterocycles. The summed E-state index contributed by atoms with van der Waals surface area (Å²) in [6.07, 6.45) is 1.71. The summed E-state index contributed by atoms with van der Waals surface area (Å²) in [5.74, 6) is -1.28. The van der Waals surface area contributed by atoms with Crippen molar-refractivity contribution in [2.75, 3.05) is 11.9 Å². The van der Waals surface area contributed by atoms with E-state index in [1.54, 1.807) is 43.5 Å². The fourth-order valence-corrected chi connectivity index (χ4v) is 3.79. The lowest BCUT2D eigenvalue weighted by molar-refractivity contribution is -0.386. The van der Waals surface area contributed by atoms with Crippen LogP contribution in [-0.4, -0.2) is 24.5 Å². The molecule has 0 fully saturated rings. The van der Waals surface area contributed by atoms with Crippen LogP contribution in [0.2, 0.25) is 0 Å². The number of esters is 2. The molecule has 0 unspecified atom stereocenters. The van der Waals surface area contributed by atoms with Crippen molar-refractivity contribution in [2.24, 2.45) is 4.99 Å². The number of nitrogens with zero attached hydrogens (tertiary/aromatic N) is 1. The average molecular weight is 515 g/mol. The topological polar surface area (TPSA) is 121 Å². The highest BCUT2D eigenvalue weighted by Gasteiger charge is 2.20. The first-order valence-electron chi connectivity index (χ1n) is 12.1. The first-order chi connectivity index (χ1) is 18.3. The number of aryl methyl sites for hydroxylation is 2. The fraction of sp³-hybridized carbons (Fsp3) is 0.207. The van der Waals surface area contributed by atoms with Gasteiger partial charge in [-0.1, -0.05) is 18.2 Å². The van der Waals surface area contributed by atoms with E-state index in [0.29, 0.717) is 39.2 Å². The molecule has 9 heteroatoms. The van der Waals surface area contributed by atoms with Crippen LogP contribution in [0.15, 0.2) is 70.2 Å². The van der Waals surface area contributed by atoms with Gasteiger partial charge in [-0.25, -0.2) is 14.8 Å². The lowest BCUT2D eigenvalue weighted by Gasteiger charge is -2.10. The molecule has 0 aliphatic rings. The highest BCUT2D eigenvalue weighted by atomic mass is 16.5. The van der Waals surface area contributed by atoms with E-state index in [0.717, 1.165) is 5.56 Å². The molecule has 194 valence electrons. The second-order valence-electron chi connectivity index (χ2n) is 8.58. The number of hydrogen-bond acceptors (Lipinski definition) is 7. The minimum Gasteiger partial charge on any atom is -0.462 e. The van der Waals surface area contributed by atoms with Gasteiger partial charge in [0.15, 0.2) is 6.20 Å². The molecule has 2 aromatic carbocycles. The first kappa shape index (κ1) is 26.3. The van der Waals surface area contributed by atoms with E-state index in [4.69, 9.17) is 13.9 Å². The summed E-state index contributed by atoms with van der Waals surface area (Å²) in [5.41, 5.74) is 4.48. The van der Waals surface area contributed by atoms with Gasteiger partial charge >= 0.3 is 11.9 Å². The summed E-state index contributed by atoms with van der Waals surface area (Å²) >= 11 is 0. The summed E-state index contributed by atoms with van der Waals surface area (Å²) < 4.78 is 16.4. The van der Waals surface area contributed by atoms with Gasteiger partial charge in [-0.2, -0.15) is 0 Å². The molecule has 4 aromatic rings. The lowest BCUT2D eigenvalue weighted by Crippen LogP contribution is -2.23. The zero-order valence-corrected chi connectivity index (χ0v) is 21.6. The molecule has 9 nitrogen and oxygen atoms in total. The van der Waals surface area contributed by atoms with Crippen molar-refractivity contribution in [2.45, 2.75) is 34.3 Å². The number of anilines is 1. The number of pyridine rings is 1. The zero-order chi connectivity index (χ0) is 27.2. The number of ether oxygens (including phenoxy) is 2. The summed E-state index contributed by atoms with van der Waals surface area (Å²) in [5, 5.41) is 3.53. The van der Waals surface area contributed by atoms with Crippen molar-refractivity contribution in [3.05, 3.63) is 94.3 Å². The van der Waals surface area contributed by atoms with Crippen molar-refractivity contribution in [1.82, 2.24) is 0 Å². The normalized spacial score (nSPS) is 11.3. The zero-order valence-electron chi connectivity index (χ0n) is 21.6. The summed E-state index contributed by atoms with van der Waals surface area (Å²) in [6, 6.07) is 15.6. The number of nitrogens with one attached hydrogen (secondary N) is 2. The maximum atomic E-state index is 13.5. The molecule has 2 N–H and O–H groups in total. The van der Waals surface area contributed by atoms with Gasteiger partial charge in [-0.3, -0.25) is 9.59 Å². The Morgan fingerprint density at radius 3 is 2.45 bits per heavy atom. The summed E-state index contributed by atoms with van der Waals surface area (Å²) in [4.78, 5) is 44.6. The number of amides is 1. The maximum absolute atomic E-state index is 13.5. The second kappa shape index (κ2) is 11.5. The summed E-state index contributed by atoms with van der Waals surface area (Å²) in [7, 11) is 0. The van der Waals surface area contributed by atoms with Crippen molar-refractivity contribution >= 4 is 40.2 Å². The monoisotopic (exact) mass is 514 g/mol. The van der Waals surface area contributed by atoms with Gasteiger partial charge in [0, 0.05) is 24.9 Å². The van der Waals surface area contributed by atoms with E-state index in [2.05, 4.69) is 15.3 Å². The number of carbonyl (C=O) groups excluding carboxylic acids is 3. The molecular formula is C29H28N3O6+. The van der Waals surface area contributed by atoms with Crippen LogP contribution in [-0.2, 0) is 20.9 Å². The van der Waals surface area contributed by atoms with Crippen LogP contribution in [0.1, 0.15) is 51.4 Å². The Hall–Kier alpha value is -4.79. The van der Waals surface area contributed by atoms with E-state index in [-0.39, 0.29) is 24.3 Å². The Morgan fingerprint density at radius 1 is 1.03 bits per heavy atom. The molecule has 0 radical (unpaired) electrons. The molecule has 0 atom stereocenters. The molecule has 4 rings (SSSR count). The van der Waals surface area contributed by atoms with Crippen LogP contribution < -0.4 is 15.9 Å². The highest BCUT2D eigenvalue weighted by molar-refractivity contribution is 6.06. The maximum Gasteiger partial charge on any atom is 0.338 e. The van der Waals surface area contributed by atoms with Gasteiger partial charge in [0.2, 0.25) is 16.8 Å². The molecule has 38 heavy (non-hydrogen) atoms. The molecule has 2 heterocycles. The van der Waals surface area contributed by atoms with Crippen LogP contribution in [0.4, 0.5) is 11.4 Å². The molecule has 1 amide bonds. The van der Waals surface area contributed by atoms with E-state index in [9.17, 15) is 14.4 Å². The molecule has 0 saturated carbocycles. The predicted molar refractivity (Wildman–Crippen MR) is 140 cm³/mol. The average Bonchev–Trinajstić information content (AvgIpc) is 2.90. The predicted octanol–water partition coefficient (Wildman–Crippen LogP) is 4.59. The number of fused-ring (bicyclic) bond motifs is 1. The number of para-hydroxylation sites is 1. The van der Waals surface area contributed by atoms with E-state index in [1.807, 2.05) is 38.1 Å². The third-order valence-corrected chi connectivity index (χ3v) is 5.79. The minimum absolute atomic E-state index is 0.00277. The number of aromatic nitrogens is 1. The first-order valence-corrected chi connectivity index (χ1v) is 12.1. The van der Waals surface area contributed by atoms with Crippen LogP contribution in [0, 0.1) is 13.8 Å². The highest BCUT2D eigenvalue weighted by Crippen LogP contribution is 2.22. The lowest BCUT2D eigenvalue weighted by atomic mass is 10.1. The molecule has 0 bridgehead atoms. The van der Waals surface area contributed by atoms with E-state index >= 15 is 0 Å². The van der Waals surface area contributed by atoms with Crippen LogP contribution >= 0.6 is 0 Å². The van der Waals surface area contributed by atoms with Gasteiger partial charge < -0.3 is 19.2 Å². The van der Waals surface area contributed by atoms with Crippen molar-refractivity contribution in [3.8, 4) is 0 Å². The number of aromatic amines is 1. The Bertz CT molecular complexity index is 1590. The smallest absolute Gasteiger partial charge is 0.338 e. The molecule has 0 spiro atoms. The van der Waals surface area contributed by atoms with Crippen molar-refractivity contribution in [3.63, 3.8) is 0 Å². The molecule has 0 saturated heterocycles. The van der Waals surface area contributed by atoms with Gasteiger partial charge in [-0.05, 0) is 55.8 Å². The Labute approximate surface area is 219 Å². The number of benzene rings is 2. The number of rotatable bonds is 7. The van der Waals surface area contributed by atoms with E-state index < -0.39 is 17.8 Å². The van der Waals surface area contributed by atoms with Gasteiger partial charge in [0.25, 0.3) is 5.91 Å². The summed E-state index contributed by atoms with van der Waals surface area (Å²) in [6.45, 7) is 7.07. The fourth-order valence-electron chi connectivity index (χ4n) is 3.79. The second-order valence-corrected chi connectivity index (χ2v) is 8.58. The molecular weight excluding hydrogens is 486 g/mol. The Kier molecular flexibility index (Phi) is 7.96. The number of H-pyrrole nitrogens is 1. The SMILES string of the molecule is CCOC(=O)c1ccc(N=c2oc3c(C)[nH+]cc(COC(C)=O)c3cc2C(=O)Nc2ccccc2C)cc1. The van der Waals surface area contributed by atoms with Crippen LogP contribution in [0.3, 0.4) is 0 Å². The van der Waals surface area contributed by atoms with Crippen LogP contribution in [0.25, 0.3) is 11.0 Å². The third kappa shape index (κ3) is 5.95. The van der Waals surface area contributed by atoms with Crippen LogP contribution in [0.5, 0.6) is 0 Å². The van der Waals surface area contributed by atoms with Gasteiger partial charge in [0.05, 0.1) is 23.4 Å². The standard InChI is InChI=1S/C29H27N3O6/c1-5-36-29(35)20-10-12-22(13-11-20)31-28-24(27(34)32-25-9-7-6-8-17(25)2)14-23-21(16-37-19(4)33)15-30-18(3)26(23)38-28/h6-15H,5,16H2,1-4H3,(H,32,34)/p+1. The van der Waals surface area contributed by atoms with E-state index in [1.165, 1.54) is 6.92 Å². The van der Waals surface area contributed by atoms with Crippen molar-refractivity contribution < 1.29 is 33.3 Å². The minimum atomic E-state index is -0.431. The molecule has 2 aromatic heterocycles. The molecule has 0 aliphatic carbocycles. The number of hydrogen-bond donors (Lipinski definition) is 1. The third-order valence-electron chi connectivity index (χ3n) is 5.79. The van der Waals surface area contributed by atoms with Crippen molar-refractivity contribution in [1.29, 1.82) is 0 Å².